The standard InChI is InChI=1S/C30H30N2O3/c1-30(2)32(27(21-35-30)19-22-9-5-3-6-10-22)29(34)28(33)25-17-18-31(20-25)26-15-13-24(14-16-26)23-11-7-4-8-12-23/h3-18,20,27-28,33H,19,21H2,1-2H3. The Bertz CT molecular complexity index is 1280. The molecule has 35 heavy (non-hydrogen) atoms. The minimum Gasteiger partial charge on any atom is -0.378 e. The number of ether oxygens (including phenoxy) is 1. The van der Waals surface area contributed by atoms with Crippen molar-refractivity contribution in [3.05, 3.63) is 115 Å². The number of aliphatic hydroxyl groups is 1. The molecule has 1 amide bonds. The summed E-state index contributed by atoms with van der Waals surface area (Å²) in [7, 11) is 0. The van der Waals surface area contributed by atoms with Crippen LogP contribution in [0.15, 0.2) is 103 Å². The number of aromatic nitrogens is 1. The molecule has 2 unspecified atom stereocenters. The highest BCUT2D eigenvalue weighted by Crippen LogP contribution is 2.33. The van der Waals surface area contributed by atoms with Crippen molar-refractivity contribution in [3.8, 4) is 16.8 Å². The van der Waals surface area contributed by atoms with Crippen molar-refractivity contribution < 1.29 is 14.6 Å². The molecule has 1 aliphatic rings. The van der Waals surface area contributed by atoms with Crippen LogP contribution in [0.5, 0.6) is 0 Å². The highest BCUT2D eigenvalue weighted by Gasteiger charge is 2.45. The fourth-order valence-electron chi connectivity index (χ4n) is 4.83. The van der Waals surface area contributed by atoms with Gasteiger partial charge in [0.05, 0.1) is 12.6 Å². The van der Waals surface area contributed by atoms with Crippen LogP contribution in [0.4, 0.5) is 0 Å². The minimum atomic E-state index is -1.26. The number of nitrogens with zero attached hydrogens (tertiary/aromatic N) is 2. The fourth-order valence-corrected chi connectivity index (χ4v) is 4.83. The third-order valence-electron chi connectivity index (χ3n) is 6.66. The van der Waals surface area contributed by atoms with Crippen LogP contribution in [0.2, 0.25) is 0 Å². The number of hydrogen-bond acceptors (Lipinski definition) is 3. The largest absolute Gasteiger partial charge is 0.378 e. The van der Waals surface area contributed by atoms with E-state index in [0.717, 1.165) is 22.4 Å². The first kappa shape index (κ1) is 23.1. The van der Waals surface area contributed by atoms with Crippen molar-refractivity contribution in [3.63, 3.8) is 0 Å². The van der Waals surface area contributed by atoms with Crippen molar-refractivity contribution in [1.82, 2.24) is 9.47 Å². The zero-order chi connectivity index (χ0) is 24.4. The summed E-state index contributed by atoms with van der Waals surface area (Å²) < 4.78 is 7.88. The number of hydrogen-bond donors (Lipinski definition) is 1. The van der Waals surface area contributed by atoms with E-state index in [-0.39, 0.29) is 11.9 Å². The lowest BCUT2D eigenvalue weighted by atomic mass is 10.0. The molecule has 1 fully saturated rings. The molecule has 1 saturated heterocycles. The van der Waals surface area contributed by atoms with Crippen molar-refractivity contribution in [1.29, 1.82) is 0 Å². The quantitative estimate of drug-likeness (QED) is 0.415. The van der Waals surface area contributed by atoms with Crippen LogP contribution in [0.25, 0.3) is 16.8 Å². The second-order valence-electron chi connectivity index (χ2n) is 9.48. The van der Waals surface area contributed by atoms with Gasteiger partial charge in [-0.15, -0.1) is 0 Å². The monoisotopic (exact) mass is 466 g/mol. The fraction of sp³-hybridized carbons (Fsp3) is 0.233. The van der Waals surface area contributed by atoms with E-state index in [0.29, 0.717) is 18.6 Å². The number of carbonyl (C=O) groups excluding carboxylic acids is 1. The van der Waals surface area contributed by atoms with Crippen molar-refractivity contribution >= 4 is 5.91 Å². The molecule has 3 aromatic carbocycles. The molecule has 0 spiro atoms. The van der Waals surface area contributed by atoms with Gasteiger partial charge in [0.25, 0.3) is 5.91 Å². The van der Waals surface area contributed by atoms with Crippen LogP contribution in [0.3, 0.4) is 0 Å². The predicted molar refractivity (Wildman–Crippen MR) is 137 cm³/mol. The summed E-state index contributed by atoms with van der Waals surface area (Å²) in [5.41, 5.74) is 4.17. The summed E-state index contributed by atoms with van der Waals surface area (Å²) >= 11 is 0. The topological polar surface area (TPSA) is 54.7 Å². The van der Waals surface area contributed by atoms with E-state index in [2.05, 4.69) is 24.3 Å². The second kappa shape index (κ2) is 9.53. The predicted octanol–water partition coefficient (Wildman–Crippen LogP) is 5.38. The summed E-state index contributed by atoms with van der Waals surface area (Å²) in [4.78, 5) is 15.2. The maximum absolute atomic E-state index is 13.5. The first-order valence-corrected chi connectivity index (χ1v) is 12.0. The van der Waals surface area contributed by atoms with E-state index in [1.54, 1.807) is 11.0 Å². The van der Waals surface area contributed by atoms with Crippen molar-refractivity contribution in [2.75, 3.05) is 6.61 Å². The zero-order valence-electron chi connectivity index (χ0n) is 20.0. The van der Waals surface area contributed by atoms with Crippen molar-refractivity contribution in [2.45, 2.75) is 38.1 Å². The third kappa shape index (κ3) is 4.78. The Kier molecular flexibility index (Phi) is 6.29. The average Bonchev–Trinajstić information content (AvgIpc) is 3.49. The summed E-state index contributed by atoms with van der Waals surface area (Å²) in [5.74, 6) is -0.342. The Labute approximate surface area is 206 Å². The molecule has 5 rings (SSSR count). The van der Waals surface area contributed by atoms with Crippen LogP contribution >= 0.6 is 0 Å². The number of carbonyl (C=O) groups is 1. The van der Waals surface area contributed by atoms with E-state index in [1.165, 1.54) is 0 Å². The lowest BCUT2D eigenvalue weighted by Gasteiger charge is -2.35. The number of rotatable bonds is 6. The summed E-state index contributed by atoms with van der Waals surface area (Å²) in [6, 6.07) is 30.2. The summed E-state index contributed by atoms with van der Waals surface area (Å²) in [5, 5.41) is 11.1. The third-order valence-corrected chi connectivity index (χ3v) is 6.66. The van der Waals surface area contributed by atoms with E-state index < -0.39 is 11.8 Å². The highest BCUT2D eigenvalue weighted by molar-refractivity contribution is 5.83. The van der Waals surface area contributed by atoms with Crippen LogP contribution in [0, 0.1) is 0 Å². The molecule has 1 N–H and O–H groups in total. The first-order chi connectivity index (χ1) is 16.9. The second-order valence-corrected chi connectivity index (χ2v) is 9.48. The Morgan fingerprint density at radius 2 is 1.57 bits per heavy atom. The SMILES string of the molecule is CC1(C)OCC(Cc2ccccc2)N1C(=O)C(O)c1ccn(-c2ccc(-c3ccccc3)cc2)c1. The molecule has 0 bridgehead atoms. The van der Waals surface area contributed by atoms with Gasteiger partial charge in [-0.25, -0.2) is 0 Å². The summed E-state index contributed by atoms with van der Waals surface area (Å²) in [6.45, 7) is 4.19. The summed E-state index contributed by atoms with van der Waals surface area (Å²) in [6.07, 6.45) is 3.10. The van der Waals surface area contributed by atoms with E-state index in [9.17, 15) is 9.90 Å². The zero-order valence-corrected chi connectivity index (χ0v) is 20.0. The van der Waals surface area contributed by atoms with Gasteiger partial charge in [-0.1, -0.05) is 72.8 Å². The van der Waals surface area contributed by atoms with Crippen LogP contribution < -0.4 is 0 Å². The molecule has 0 saturated carbocycles. The van der Waals surface area contributed by atoms with Gasteiger partial charge in [-0.05, 0) is 55.2 Å². The molecular formula is C30H30N2O3. The lowest BCUT2D eigenvalue weighted by Crippen LogP contribution is -2.50. The van der Waals surface area contributed by atoms with Crippen molar-refractivity contribution in [2.24, 2.45) is 0 Å². The molecule has 5 nitrogen and oxygen atoms in total. The molecule has 0 aliphatic carbocycles. The van der Waals surface area contributed by atoms with Gasteiger partial charge in [0.2, 0.25) is 0 Å². The van der Waals surface area contributed by atoms with Gasteiger partial charge in [0, 0.05) is 23.6 Å². The van der Waals surface area contributed by atoms with Gasteiger partial charge < -0.3 is 19.3 Å². The van der Waals surface area contributed by atoms with E-state index >= 15 is 0 Å². The minimum absolute atomic E-state index is 0.137. The lowest BCUT2D eigenvalue weighted by molar-refractivity contribution is -0.155. The highest BCUT2D eigenvalue weighted by atomic mass is 16.5. The molecule has 0 radical (unpaired) electrons. The van der Waals surface area contributed by atoms with Crippen LogP contribution in [-0.2, 0) is 16.0 Å². The van der Waals surface area contributed by atoms with Gasteiger partial charge in [-0.2, -0.15) is 0 Å². The van der Waals surface area contributed by atoms with Crippen LogP contribution in [0.1, 0.15) is 31.1 Å². The molecule has 178 valence electrons. The van der Waals surface area contributed by atoms with Gasteiger partial charge in [-0.3, -0.25) is 4.79 Å². The van der Waals surface area contributed by atoms with Gasteiger partial charge in [0.15, 0.2) is 6.10 Å². The van der Waals surface area contributed by atoms with Gasteiger partial charge >= 0.3 is 0 Å². The van der Waals surface area contributed by atoms with E-state index in [4.69, 9.17) is 4.74 Å². The number of amides is 1. The molecular weight excluding hydrogens is 436 g/mol. The molecule has 1 aromatic heterocycles. The first-order valence-electron chi connectivity index (χ1n) is 12.0. The Balaban J connectivity index is 1.33. The maximum Gasteiger partial charge on any atom is 0.258 e. The van der Waals surface area contributed by atoms with Gasteiger partial charge in [0.1, 0.15) is 5.72 Å². The Morgan fingerprint density at radius 1 is 0.943 bits per heavy atom. The maximum atomic E-state index is 13.5. The van der Waals surface area contributed by atoms with Crippen LogP contribution in [-0.4, -0.2) is 38.9 Å². The van der Waals surface area contributed by atoms with E-state index in [1.807, 2.05) is 91.5 Å². The normalized spacial score (nSPS) is 17.9. The molecule has 4 aromatic rings. The smallest absolute Gasteiger partial charge is 0.258 e. The average molecular weight is 467 g/mol. The Hall–Kier alpha value is -3.67. The molecule has 1 aliphatic heterocycles. The number of benzene rings is 3. The molecule has 5 heteroatoms. The Morgan fingerprint density at radius 3 is 2.26 bits per heavy atom. The molecule has 2 atom stereocenters. The molecule has 2 heterocycles. The number of aliphatic hydroxyl groups excluding tert-OH is 1.